The highest BCUT2D eigenvalue weighted by molar-refractivity contribution is 6.01. The van der Waals surface area contributed by atoms with E-state index in [1.54, 1.807) is 12.2 Å². The van der Waals surface area contributed by atoms with Crippen LogP contribution in [0.15, 0.2) is 54.6 Å². The Morgan fingerprint density at radius 3 is 2.47 bits per heavy atom. The summed E-state index contributed by atoms with van der Waals surface area (Å²) in [6.07, 6.45) is 7.14. The fourth-order valence-electron chi connectivity index (χ4n) is 2.44. The van der Waals surface area contributed by atoms with Crippen LogP contribution >= 0.6 is 0 Å². The molecule has 1 aliphatic heterocycles. The average molecular weight is 254 g/mol. The molecule has 1 saturated heterocycles. The molecule has 4 heteroatoms. The molecule has 1 unspecified atom stereocenters. The van der Waals surface area contributed by atoms with Crippen LogP contribution in [0.1, 0.15) is 6.42 Å². The number of benzene rings is 1. The molecule has 3 rings (SSSR count). The third-order valence-corrected chi connectivity index (χ3v) is 3.42. The van der Waals surface area contributed by atoms with Crippen molar-refractivity contribution in [3.05, 3.63) is 54.6 Å². The predicted molar refractivity (Wildman–Crippen MR) is 72.6 cm³/mol. The van der Waals surface area contributed by atoms with Crippen molar-refractivity contribution in [2.45, 2.75) is 18.0 Å². The predicted octanol–water partition coefficient (Wildman–Crippen LogP) is 1.42. The Bertz CT molecular complexity index is 559. The maximum absolute atomic E-state index is 12.0. The van der Waals surface area contributed by atoms with Crippen molar-refractivity contribution in [3.8, 4) is 0 Å². The van der Waals surface area contributed by atoms with Crippen LogP contribution in [0, 0.1) is 0 Å². The molecule has 1 spiro atoms. The van der Waals surface area contributed by atoms with Crippen LogP contribution in [0.5, 0.6) is 0 Å². The van der Waals surface area contributed by atoms with E-state index in [9.17, 15) is 9.59 Å². The van der Waals surface area contributed by atoms with Gasteiger partial charge in [-0.3, -0.25) is 9.59 Å². The second-order valence-corrected chi connectivity index (χ2v) is 4.87. The van der Waals surface area contributed by atoms with Crippen molar-refractivity contribution in [2.24, 2.45) is 0 Å². The average Bonchev–Trinajstić information content (AvgIpc) is 2.71. The summed E-state index contributed by atoms with van der Waals surface area (Å²) in [7, 11) is 0. The smallest absolute Gasteiger partial charge is 0.243 e. The van der Waals surface area contributed by atoms with Gasteiger partial charge in [-0.05, 0) is 24.3 Å². The second kappa shape index (κ2) is 4.39. The van der Waals surface area contributed by atoms with Crippen LogP contribution in [-0.2, 0) is 9.59 Å². The molecule has 2 N–H and O–H groups in total. The number of amides is 1. The number of para-hydroxylation sites is 1. The Kier molecular flexibility index (Phi) is 2.71. The first-order valence-electron chi connectivity index (χ1n) is 6.23. The van der Waals surface area contributed by atoms with E-state index >= 15 is 0 Å². The number of hydrogen-bond donors (Lipinski definition) is 2. The molecule has 1 heterocycles. The van der Waals surface area contributed by atoms with Gasteiger partial charge in [-0.25, -0.2) is 0 Å². The standard InChI is InChI=1S/C15H14N2O2/c18-12-6-8-15(9-7-12)10-13(14(19)17-15)16-11-4-2-1-3-5-11/h1-9,13,16H,10H2,(H,17,19). The lowest BCUT2D eigenvalue weighted by atomic mass is 9.91. The van der Waals surface area contributed by atoms with Gasteiger partial charge in [0.1, 0.15) is 6.04 Å². The minimum Gasteiger partial charge on any atom is -0.374 e. The molecular weight excluding hydrogens is 240 g/mol. The minimum atomic E-state index is -0.516. The van der Waals surface area contributed by atoms with Crippen LogP contribution in [0.25, 0.3) is 0 Å². The van der Waals surface area contributed by atoms with Gasteiger partial charge < -0.3 is 10.6 Å². The Hall–Kier alpha value is -2.36. The lowest BCUT2D eigenvalue weighted by molar-refractivity contribution is -0.120. The lowest BCUT2D eigenvalue weighted by Gasteiger charge is -2.22. The van der Waals surface area contributed by atoms with Crippen molar-refractivity contribution in [2.75, 3.05) is 5.32 Å². The summed E-state index contributed by atoms with van der Waals surface area (Å²) in [5.74, 6) is -0.0909. The summed E-state index contributed by atoms with van der Waals surface area (Å²) < 4.78 is 0. The minimum absolute atomic E-state index is 0.0423. The Labute approximate surface area is 111 Å². The molecule has 0 aromatic heterocycles. The van der Waals surface area contributed by atoms with Gasteiger partial charge in [-0.2, -0.15) is 0 Å². The number of ketones is 1. The highest BCUT2D eigenvalue weighted by Gasteiger charge is 2.41. The van der Waals surface area contributed by atoms with Crippen molar-refractivity contribution in [1.82, 2.24) is 5.32 Å². The zero-order valence-electron chi connectivity index (χ0n) is 10.3. The maximum Gasteiger partial charge on any atom is 0.243 e. The van der Waals surface area contributed by atoms with E-state index in [0.717, 1.165) is 5.69 Å². The van der Waals surface area contributed by atoms with Crippen molar-refractivity contribution < 1.29 is 9.59 Å². The third kappa shape index (κ3) is 2.29. The molecular formula is C15H14N2O2. The van der Waals surface area contributed by atoms with E-state index in [0.29, 0.717) is 6.42 Å². The number of hydrogen-bond acceptors (Lipinski definition) is 3. The first kappa shape index (κ1) is 11.7. The van der Waals surface area contributed by atoms with Crippen LogP contribution < -0.4 is 10.6 Å². The number of anilines is 1. The van der Waals surface area contributed by atoms with E-state index in [-0.39, 0.29) is 17.7 Å². The fourth-order valence-corrected chi connectivity index (χ4v) is 2.44. The number of carbonyl (C=O) groups excluding carboxylic acids is 2. The van der Waals surface area contributed by atoms with Crippen LogP contribution in [0.3, 0.4) is 0 Å². The first-order valence-corrected chi connectivity index (χ1v) is 6.23. The molecule has 19 heavy (non-hydrogen) atoms. The normalized spacial score (nSPS) is 23.7. The van der Waals surface area contributed by atoms with E-state index in [4.69, 9.17) is 0 Å². The third-order valence-electron chi connectivity index (χ3n) is 3.42. The van der Waals surface area contributed by atoms with E-state index in [1.807, 2.05) is 30.3 Å². The summed E-state index contributed by atoms with van der Waals surface area (Å²) in [6.45, 7) is 0. The van der Waals surface area contributed by atoms with Crippen molar-refractivity contribution >= 4 is 17.4 Å². The summed E-state index contributed by atoms with van der Waals surface area (Å²) in [5.41, 5.74) is 0.400. The molecule has 96 valence electrons. The van der Waals surface area contributed by atoms with E-state index < -0.39 is 5.54 Å². The SMILES string of the molecule is O=C1C=CC2(C=C1)CC(Nc1ccccc1)C(=O)N2. The van der Waals surface area contributed by atoms with Crippen molar-refractivity contribution in [1.29, 1.82) is 0 Å². The zero-order chi connectivity index (χ0) is 13.3. The lowest BCUT2D eigenvalue weighted by Crippen LogP contribution is -2.39. The highest BCUT2D eigenvalue weighted by atomic mass is 16.2. The summed E-state index contributed by atoms with van der Waals surface area (Å²) >= 11 is 0. The largest absolute Gasteiger partial charge is 0.374 e. The van der Waals surface area contributed by atoms with Gasteiger partial charge in [-0.1, -0.05) is 30.4 Å². The van der Waals surface area contributed by atoms with Gasteiger partial charge in [0, 0.05) is 12.1 Å². The molecule has 4 nitrogen and oxygen atoms in total. The van der Waals surface area contributed by atoms with Crippen molar-refractivity contribution in [3.63, 3.8) is 0 Å². The maximum atomic E-state index is 12.0. The molecule has 2 aliphatic rings. The van der Waals surface area contributed by atoms with Gasteiger partial charge in [0.25, 0.3) is 0 Å². The highest BCUT2D eigenvalue weighted by Crippen LogP contribution is 2.27. The topological polar surface area (TPSA) is 58.2 Å². The molecule has 0 bridgehead atoms. The molecule has 1 aromatic rings. The Balaban J connectivity index is 1.76. The quantitative estimate of drug-likeness (QED) is 0.839. The van der Waals surface area contributed by atoms with Gasteiger partial charge in [0.15, 0.2) is 5.78 Å². The molecule has 0 saturated carbocycles. The van der Waals surface area contributed by atoms with Gasteiger partial charge in [0.2, 0.25) is 5.91 Å². The summed E-state index contributed by atoms with van der Waals surface area (Å²) in [6, 6.07) is 9.33. The second-order valence-electron chi connectivity index (χ2n) is 4.87. The number of nitrogens with one attached hydrogen (secondary N) is 2. The number of carbonyl (C=O) groups is 2. The van der Waals surface area contributed by atoms with E-state index in [1.165, 1.54) is 12.2 Å². The Morgan fingerprint density at radius 2 is 1.79 bits per heavy atom. The van der Waals surface area contributed by atoms with Gasteiger partial charge in [-0.15, -0.1) is 0 Å². The van der Waals surface area contributed by atoms with Crippen LogP contribution in [0.2, 0.25) is 0 Å². The van der Waals surface area contributed by atoms with Gasteiger partial charge >= 0.3 is 0 Å². The number of allylic oxidation sites excluding steroid dienone is 2. The summed E-state index contributed by atoms with van der Waals surface area (Å²) in [4.78, 5) is 23.2. The van der Waals surface area contributed by atoms with Crippen LogP contribution in [0.4, 0.5) is 5.69 Å². The molecule has 1 aromatic carbocycles. The Morgan fingerprint density at radius 1 is 1.11 bits per heavy atom. The molecule has 1 aliphatic carbocycles. The first-order chi connectivity index (χ1) is 9.17. The molecule has 0 radical (unpaired) electrons. The molecule has 1 amide bonds. The van der Waals surface area contributed by atoms with Crippen LogP contribution in [-0.4, -0.2) is 23.3 Å². The monoisotopic (exact) mass is 254 g/mol. The number of rotatable bonds is 2. The molecule has 1 atom stereocenters. The molecule has 1 fully saturated rings. The van der Waals surface area contributed by atoms with E-state index in [2.05, 4.69) is 10.6 Å². The fraction of sp³-hybridized carbons (Fsp3) is 0.200. The zero-order valence-corrected chi connectivity index (χ0v) is 10.3. The van der Waals surface area contributed by atoms with Gasteiger partial charge in [0.05, 0.1) is 5.54 Å². The summed E-state index contributed by atoms with van der Waals surface area (Å²) in [5, 5.41) is 6.14.